The standard InChI is InChI=1S/C13H25NO2/c1-9-7-10(2)14(11(3)8-9)12(15)16-13(4,5)6/h9-11H,7-8H2,1-6H3. The van der Waals surface area contributed by atoms with E-state index in [1.807, 2.05) is 25.7 Å². The molecule has 0 aromatic heterocycles. The Balaban J connectivity index is 2.67. The van der Waals surface area contributed by atoms with Crippen LogP contribution in [0.15, 0.2) is 0 Å². The highest BCUT2D eigenvalue weighted by Crippen LogP contribution is 2.28. The van der Waals surface area contributed by atoms with E-state index in [-0.39, 0.29) is 18.2 Å². The van der Waals surface area contributed by atoms with Crippen molar-refractivity contribution in [1.82, 2.24) is 4.90 Å². The van der Waals surface area contributed by atoms with Crippen molar-refractivity contribution in [2.75, 3.05) is 0 Å². The van der Waals surface area contributed by atoms with Gasteiger partial charge in [0.1, 0.15) is 5.60 Å². The van der Waals surface area contributed by atoms with Crippen LogP contribution in [0.5, 0.6) is 0 Å². The maximum absolute atomic E-state index is 12.0. The number of amides is 1. The van der Waals surface area contributed by atoms with E-state index < -0.39 is 5.60 Å². The van der Waals surface area contributed by atoms with Crippen LogP contribution in [0.2, 0.25) is 0 Å². The normalized spacial score (nSPS) is 31.4. The predicted molar refractivity (Wildman–Crippen MR) is 65.4 cm³/mol. The fourth-order valence-electron chi connectivity index (χ4n) is 2.60. The Hall–Kier alpha value is -0.730. The fourth-order valence-corrected chi connectivity index (χ4v) is 2.60. The van der Waals surface area contributed by atoms with Crippen molar-refractivity contribution in [3.8, 4) is 0 Å². The van der Waals surface area contributed by atoms with Gasteiger partial charge in [0.25, 0.3) is 0 Å². The topological polar surface area (TPSA) is 29.5 Å². The largest absolute Gasteiger partial charge is 0.444 e. The maximum Gasteiger partial charge on any atom is 0.410 e. The maximum atomic E-state index is 12.0. The number of carbonyl (C=O) groups is 1. The quantitative estimate of drug-likeness (QED) is 0.634. The second-order valence-corrected chi connectivity index (χ2v) is 6.16. The van der Waals surface area contributed by atoms with Crippen molar-refractivity contribution in [3.05, 3.63) is 0 Å². The second-order valence-electron chi connectivity index (χ2n) is 6.16. The summed E-state index contributed by atoms with van der Waals surface area (Å²) in [4.78, 5) is 13.9. The molecule has 0 spiro atoms. The molecule has 94 valence electrons. The van der Waals surface area contributed by atoms with Crippen molar-refractivity contribution >= 4 is 6.09 Å². The van der Waals surface area contributed by atoms with Crippen LogP contribution in [0, 0.1) is 5.92 Å². The zero-order valence-corrected chi connectivity index (χ0v) is 11.4. The van der Waals surface area contributed by atoms with Gasteiger partial charge in [-0.1, -0.05) is 6.92 Å². The minimum Gasteiger partial charge on any atom is -0.444 e. The van der Waals surface area contributed by atoms with Gasteiger partial charge in [-0.15, -0.1) is 0 Å². The zero-order valence-electron chi connectivity index (χ0n) is 11.4. The molecule has 16 heavy (non-hydrogen) atoms. The number of ether oxygens (including phenoxy) is 1. The van der Waals surface area contributed by atoms with Crippen molar-refractivity contribution < 1.29 is 9.53 Å². The summed E-state index contributed by atoms with van der Waals surface area (Å²) in [5, 5.41) is 0. The van der Waals surface area contributed by atoms with Gasteiger partial charge in [0.2, 0.25) is 0 Å². The molecule has 3 heteroatoms. The van der Waals surface area contributed by atoms with Crippen LogP contribution < -0.4 is 0 Å². The van der Waals surface area contributed by atoms with E-state index in [4.69, 9.17) is 4.74 Å². The van der Waals surface area contributed by atoms with Crippen LogP contribution in [0.1, 0.15) is 54.4 Å². The summed E-state index contributed by atoms with van der Waals surface area (Å²) in [5.74, 6) is 0.698. The van der Waals surface area contributed by atoms with Gasteiger partial charge in [0.15, 0.2) is 0 Å². The molecule has 1 amide bonds. The van der Waals surface area contributed by atoms with Crippen LogP contribution in [0.25, 0.3) is 0 Å². The van der Waals surface area contributed by atoms with Crippen LogP contribution in [0.4, 0.5) is 4.79 Å². The third-order valence-electron chi connectivity index (χ3n) is 3.04. The smallest absolute Gasteiger partial charge is 0.410 e. The predicted octanol–water partition coefficient (Wildman–Crippen LogP) is 3.43. The van der Waals surface area contributed by atoms with E-state index >= 15 is 0 Å². The molecule has 0 bridgehead atoms. The molecule has 0 radical (unpaired) electrons. The van der Waals surface area contributed by atoms with Crippen LogP contribution in [-0.4, -0.2) is 28.7 Å². The van der Waals surface area contributed by atoms with Gasteiger partial charge < -0.3 is 9.64 Å². The summed E-state index contributed by atoms with van der Waals surface area (Å²) in [6, 6.07) is 0.571. The van der Waals surface area contributed by atoms with Gasteiger partial charge in [-0.25, -0.2) is 4.79 Å². The fraction of sp³-hybridized carbons (Fsp3) is 0.923. The first-order chi connectivity index (χ1) is 7.20. The first-order valence-corrected chi connectivity index (χ1v) is 6.22. The number of hydrogen-bond donors (Lipinski definition) is 0. The molecule has 1 fully saturated rings. The number of hydrogen-bond acceptors (Lipinski definition) is 2. The first kappa shape index (κ1) is 13.3. The van der Waals surface area contributed by atoms with E-state index in [9.17, 15) is 4.79 Å². The zero-order chi connectivity index (χ0) is 12.5. The molecule has 2 unspecified atom stereocenters. The molecule has 0 aromatic carbocycles. The van der Waals surface area contributed by atoms with Crippen LogP contribution in [0.3, 0.4) is 0 Å². The van der Waals surface area contributed by atoms with E-state index in [0.717, 1.165) is 12.8 Å². The lowest BCUT2D eigenvalue weighted by molar-refractivity contribution is -0.00591. The minimum absolute atomic E-state index is 0.167. The Morgan fingerprint density at radius 3 is 1.94 bits per heavy atom. The van der Waals surface area contributed by atoms with Crippen molar-refractivity contribution in [1.29, 1.82) is 0 Å². The number of likely N-dealkylation sites (tertiary alicyclic amines) is 1. The summed E-state index contributed by atoms with van der Waals surface area (Å²) in [7, 11) is 0. The van der Waals surface area contributed by atoms with Gasteiger partial charge >= 0.3 is 6.09 Å². The van der Waals surface area contributed by atoms with Gasteiger partial charge in [0.05, 0.1) is 0 Å². The molecule has 1 aliphatic heterocycles. The number of rotatable bonds is 0. The molecular formula is C13H25NO2. The average Bonchev–Trinajstić information content (AvgIpc) is 1.96. The first-order valence-electron chi connectivity index (χ1n) is 6.22. The Bertz CT molecular complexity index is 245. The molecule has 1 saturated heterocycles. The summed E-state index contributed by atoms with van der Waals surface area (Å²) < 4.78 is 5.44. The third-order valence-corrected chi connectivity index (χ3v) is 3.04. The van der Waals surface area contributed by atoms with Crippen LogP contribution >= 0.6 is 0 Å². The van der Waals surface area contributed by atoms with E-state index in [0.29, 0.717) is 5.92 Å². The second kappa shape index (κ2) is 4.64. The molecule has 3 nitrogen and oxygen atoms in total. The monoisotopic (exact) mass is 227 g/mol. The van der Waals surface area contributed by atoms with Gasteiger partial charge in [0, 0.05) is 12.1 Å². The Kier molecular flexibility index (Phi) is 3.87. The van der Waals surface area contributed by atoms with Crippen molar-refractivity contribution in [2.45, 2.75) is 72.1 Å². The molecule has 1 aliphatic rings. The molecule has 0 N–H and O–H groups in total. The average molecular weight is 227 g/mol. The number of piperidine rings is 1. The lowest BCUT2D eigenvalue weighted by atomic mass is 9.89. The lowest BCUT2D eigenvalue weighted by Crippen LogP contribution is -2.51. The van der Waals surface area contributed by atoms with Crippen molar-refractivity contribution in [2.24, 2.45) is 5.92 Å². The van der Waals surface area contributed by atoms with E-state index in [2.05, 4.69) is 20.8 Å². The molecule has 0 aliphatic carbocycles. The summed E-state index contributed by atoms with van der Waals surface area (Å²) in [5.41, 5.74) is -0.403. The minimum atomic E-state index is -0.403. The van der Waals surface area contributed by atoms with Gasteiger partial charge in [-0.2, -0.15) is 0 Å². The van der Waals surface area contributed by atoms with E-state index in [1.54, 1.807) is 0 Å². The third kappa shape index (κ3) is 3.39. The Morgan fingerprint density at radius 1 is 1.12 bits per heavy atom. The van der Waals surface area contributed by atoms with Gasteiger partial charge in [-0.05, 0) is 53.4 Å². The molecule has 0 aromatic rings. The summed E-state index contributed by atoms with van der Waals surface area (Å²) >= 11 is 0. The molecular weight excluding hydrogens is 202 g/mol. The number of nitrogens with zero attached hydrogens (tertiary/aromatic N) is 1. The summed E-state index contributed by atoms with van der Waals surface area (Å²) in [6.07, 6.45) is 1.98. The highest BCUT2D eigenvalue weighted by molar-refractivity contribution is 5.69. The van der Waals surface area contributed by atoms with Crippen molar-refractivity contribution in [3.63, 3.8) is 0 Å². The highest BCUT2D eigenvalue weighted by Gasteiger charge is 2.34. The molecule has 1 heterocycles. The van der Waals surface area contributed by atoms with Crippen LogP contribution in [-0.2, 0) is 4.74 Å². The van der Waals surface area contributed by atoms with Gasteiger partial charge in [-0.3, -0.25) is 0 Å². The summed E-state index contributed by atoms with van der Waals surface area (Å²) in [6.45, 7) is 12.2. The molecule has 2 atom stereocenters. The highest BCUT2D eigenvalue weighted by atomic mass is 16.6. The lowest BCUT2D eigenvalue weighted by Gasteiger charge is -2.42. The Morgan fingerprint density at radius 2 is 1.56 bits per heavy atom. The SMILES string of the molecule is CC1CC(C)N(C(=O)OC(C)(C)C)C(C)C1. The molecule has 0 saturated carbocycles. The number of carbonyl (C=O) groups excluding carboxylic acids is 1. The van der Waals surface area contributed by atoms with E-state index in [1.165, 1.54) is 0 Å². The Labute approximate surface area is 99.1 Å². The molecule has 1 rings (SSSR count).